The minimum atomic E-state index is 0.129. The van der Waals surface area contributed by atoms with Crippen LogP contribution < -0.4 is 4.90 Å². The van der Waals surface area contributed by atoms with Crippen molar-refractivity contribution in [1.82, 2.24) is 10.2 Å². The minimum Gasteiger partial charge on any atom is -0.377 e. The fourth-order valence-corrected chi connectivity index (χ4v) is 2.88. The van der Waals surface area contributed by atoms with Crippen LogP contribution in [0.5, 0.6) is 0 Å². The predicted molar refractivity (Wildman–Crippen MR) is 64.9 cm³/mol. The van der Waals surface area contributed by atoms with Crippen LogP contribution in [-0.2, 0) is 16.1 Å². The van der Waals surface area contributed by atoms with E-state index in [4.69, 9.17) is 4.74 Å². The Bertz CT molecular complexity index is 385. The number of hydrogen-bond donors (Lipinski definition) is 0. The monoisotopic (exact) mass is 305 g/mol. The molecule has 16 heavy (non-hydrogen) atoms. The standard InChI is InChI=1S/C9H12BrN3O2S/c1-15-5-7-11-12-9(16-7)13-4-6(3-10)2-8(13)14/h6H,2-5H2,1H3. The molecule has 0 N–H and O–H groups in total. The second kappa shape index (κ2) is 5.20. The van der Waals surface area contributed by atoms with E-state index >= 15 is 0 Å². The lowest BCUT2D eigenvalue weighted by atomic mass is 10.2. The van der Waals surface area contributed by atoms with Crippen LogP contribution in [0.1, 0.15) is 11.4 Å². The number of rotatable bonds is 4. The maximum absolute atomic E-state index is 11.7. The van der Waals surface area contributed by atoms with E-state index in [9.17, 15) is 4.79 Å². The number of methoxy groups -OCH3 is 1. The summed E-state index contributed by atoms with van der Waals surface area (Å²) in [5, 5.41) is 10.3. The maximum Gasteiger partial charge on any atom is 0.229 e. The molecular weight excluding hydrogens is 294 g/mol. The molecule has 1 fully saturated rings. The molecule has 0 radical (unpaired) electrons. The van der Waals surface area contributed by atoms with Crippen molar-refractivity contribution in [2.24, 2.45) is 5.92 Å². The normalized spacial score (nSPS) is 20.8. The number of halogens is 1. The zero-order valence-corrected chi connectivity index (χ0v) is 11.3. The molecule has 5 nitrogen and oxygen atoms in total. The minimum absolute atomic E-state index is 0.129. The van der Waals surface area contributed by atoms with E-state index in [-0.39, 0.29) is 5.91 Å². The highest BCUT2D eigenvalue weighted by molar-refractivity contribution is 9.09. The molecule has 1 aromatic heterocycles. The van der Waals surface area contributed by atoms with E-state index in [1.807, 2.05) is 0 Å². The molecule has 0 aliphatic carbocycles. The summed E-state index contributed by atoms with van der Waals surface area (Å²) in [7, 11) is 1.61. The van der Waals surface area contributed by atoms with E-state index in [0.29, 0.717) is 24.1 Å². The first-order chi connectivity index (χ1) is 7.74. The molecule has 1 atom stereocenters. The lowest BCUT2D eigenvalue weighted by Crippen LogP contribution is -2.24. The van der Waals surface area contributed by atoms with Crippen LogP contribution in [0, 0.1) is 5.92 Å². The second-order valence-electron chi connectivity index (χ2n) is 3.64. The van der Waals surface area contributed by atoms with E-state index in [1.165, 1.54) is 11.3 Å². The Morgan fingerprint density at radius 1 is 1.62 bits per heavy atom. The van der Waals surface area contributed by atoms with Crippen LogP contribution in [-0.4, -0.2) is 35.1 Å². The second-order valence-corrected chi connectivity index (χ2v) is 5.33. The number of aromatic nitrogens is 2. The topological polar surface area (TPSA) is 55.3 Å². The van der Waals surface area contributed by atoms with E-state index in [1.54, 1.807) is 12.0 Å². The molecule has 88 valence electrons. The van der Waals surface area contributed by atoms with Crippen molar-refractivity contribution in [2.75, 3.05) is 23.9 Å². The van der Waals surface area contributed by atoms with Gasteiger partial charge in [-0.2, -0.15) is 0 Å². The first-order valence-electron chi connectivity index (χ1n) is 4.92. The van der Waals surface area contributed by atoms with Gasteiger partial charge in [0.1, 0.15) is 11.6 Å². The molecule has 1 aliphatic rings. The number of carbonyl (C=O) groups is 1. The van der Waals surface area contributed by atoms with Gasteiger partial charge >= 0.3 is 0 Å². The number of nitrogens with zero attached hydrogens (tertiary/aromatic N) is 3. The molecule has 2 rings (SSSR count). The molecule has 0 spiro atoms. The third-order valence-electron chi connectivity index (χ3n) is 2.38. The van der Waals surface area contributed by atoms with Crippen molar-refractivity contribution in [3.8, 4) is 0 Å². The van der Waals surface area contributed by atoms with Gasteiger partial charge in [-0.15, -0.1) is 10.2 Å². The van der Waals surface area contributed by atoms with Crippen molar-refractivity contribution in [2.45, 2.75) is 13.0 Å². The Morgan fingerprint density at radius 2 is 2.44 bits per heavy atom. The highest BCUT2D eigenvalue weighted by atomic mass is 79.9. The van der Waals surface area contributed by atoms with Crippen LogP contribution in [0.3, 0.4) is 0 Å². The lowest BCUT2D eigenvalue weighted by Gasteiger charge is -2.10. The molecule has 2 heterocycles. The Labute approximate surface area is 106 Å². The molecule has 7 heteroatoms. The first-order valence-corrected chi connectivity index (χ1v) is 6.86. The third kappa shape index (κ3) is 2.41. The summed E-state index contributed by atoms with van der Waals surface area (Å²) >= 11 is 4.82. The van der Waals surface area contributed by atoms with Crippen LogP contribution in [0.2, 0.25) is 0 Å². The lowest BCUT2D eigenvalue weighted by molar-refractivity contribution is -0.117. The largest absolute Gasteiger partial charge is 0.377 e. The summed E-state index contributed by atoms with van der Waals surface area (Å²) in [6, 6.07) is 0. The molecular formula is C9H12BrN3O2S. The summed E-state index contributed by atoms with van der Waals surface area (Å²) in [4.78, 5) is 13.4. The fraction of sp³-hybridized carbons (Fsp3) is 0.667. The zero-order valence-electron chi connectivity index (χ0n) is 8.85. The molecule has 1 aromatic rings. The van der Waals surface area contributed by atoms with Gasteiger partial charge in [0, 0.05) is 25.4 Å². The molecule has 1 amide bonds. The van der Waals surface area contributed by atoms with Crippen LogP contribution in [0.15, 0.2) is 0 Å². The summed E-state index contributed by atoms with van der Waals surface area (Å²) in [5.74, 6) is 0.506. The van der Waals surface area contributed by atoms with Gasteiger partial charge in [-0.05, 0) is 5.92 Å². The highest BCUT2D eigenvalue weighted by Gasteiger charge is 2.31. The van der Waals surface area contributed by atoms with Crippen molar-refractivity contribution in [3.63, 3.8) is 0 Å². The Morgan fingerprint density at radius 3 is 3.06 bits per heavy atom. The number of carbonyl (C=O) groups excluding carboxylic acids is 1. The van der Waals surface area contributed by atoms with Gasteiger partial charge in [-0.3, -0.25) is 9.69 Å². The number of hydrogen-bond acceptors (Lipinski definition) is 5. The maximum atomic E-state index is 11.7. The fourth-order valence-electron chi connectivity index (χ4n) is 1.61. The average Bonchev–Trinajstić information content (AvgIpc) is 2.85. The summed E-state index contributed by atoms with van der Waals surface area (Å²) in [6.07, 6.45) is 0.588. The number of anilines is 1. The van der Waals surface area contributed by atoms with E-state index < -0.39 is 0 Å². The highest BCUT2D eigenvalue weighted by Crippen LogP contribution is 2.28. The van der Waals surface area contributed by atoms with Crippen LogP contribution in [0.4, 0.5) is 5.13 Å². The smallest absolute Gasteiger partial charge is 0.229 e. The molecule has 0 saturated carbocycles. The number of amides is 1. The van der Waals surface area contributed by atoms with Crippen LogP contribution in [0.25, 0.3) is 0 Å². The zero-order chi connectivity index (χ0) is 11.5. The van der Waals surface area contributed by atoms with Gasteiger partial charge in [-0.1, -0.05) is 27.3 Å². The average molecular weight is 306 g/mol. The molecule has 0 aromatic carbocycles. The Hall–Kier alpha value is -0.530. The van der Waals surface area contributed by atoms with Crippen molar-refractivity contribution in [1.29, 1.82) is 0 Å². The summed E-state index contributed by atoms with van der Waals surface area (Å²) in [6.45, 7) is 1.17. The van der Waals surface area contributed by atoms with Gasteiger partial charge in [0.25, 0.3) is 0 Å². The predicted octanol–water partition coefficient (Wildman–Crippen LogP) is 1.43. The molecule has 1 unspecified atom stereocenters. The van der Waals surface area contributed by atoms with Gasteiger partial charge in [-0.25, -0.2) is 0 Å². The summed E-state index contributed by atoms with van der Waals surface area (Å²) < 4.78 is 4.97. The van der Waals surface area contributed by atoms with Crippen molar-refractivity contribution in [3.05, 3.63) is 5.01 Å². The summed E-state index contributed by atoms with van der Waals surface area (Å²) in [5.41, 5.74) is 0. The van der Waals surface area contributed by atoms with Gasteiger partial charge < -0.3 is 4.74 Å². The molecule has 0 bridgehead atoms. The van der Waals surface area contributed by atoms with Gasteiger partial charge in [0.2, 0.25) is 11.0 Å². The first kappa shape index (κ1) is 11.9. The van der Waals surface area contributed by atoms with Crippen molar-refractivity contribution < 1.29 is 9.53 Å². The molecule has 1 aliphatic heterocycles. The van der Waals surface area contributed by atoms with Gasteiger partial charge in [0.05, 0.1) is 0 Å². The quantitative estimate of drug-likeness (QED) is 0.790. The van der Waals surface area contributed by atoms with E-state index in [2.05, 4.69) is 26.1 Å². The molecule has 1 saturated heterocycles. The third-order valence-corrected chi connectivity index (χ3v) is 4.21. The van der Waals surface area contributed by atoms with Crippen molar-refractivity contribution >= 4 is 38.3 Å². The SMILES string of the molecule is COCc1nnc(N2CC(CBr)CC2=O)s1. The Kier molecular flexibility index (Phi) is 3.88. The Balaban J connectivity index is 2.09. The number of ether oxygens (including phenoxy) is 1. The van der Waals surface area contributed by atoms with Crippen LogP contribution >= 0.6 is 27.3 Å². The van der Waals surface area contributed by atoms with E-state index in [0.717, 1.165) is 16.9 Å². The number of alkyl halides is 1. The van der Waals surface area contributed by atoms with Gasteiger partial charge in [0.15, 0.2) is 0 Å².